The molecule has 0 aromatic heterocycles. The van der Waals surface area contributed by atoms with Gasteiger partial charge in [-0.2, -0.15) is 0 Å². The largest absolute Gasteiger partial charge is 0.480 e. The summed E-state index contributed by atoms with van der Waals surface area (Å²) in [7, 11) is 0. The van der Waals surface area contributed by atoms with Crippen molar-refractivity contribution in [2.45, 2.75) is 58.2 Å². The summed E-state index contributed by atoms with van der Waals surface area (Å²) >= 11 is 0. The lowest BCUT2D eigenvalue weighted by Gasteiger charge is -2.33. The topological polar surface area (TPSA) is 52.6 Å². The molecule has 2 N–H and O–H groups in total. The van der Waals surface area contributed by atoms with Crippen molar-refractivity contribution in [1.82, 2.24) is 10.2 Å². The van der Waals surface area contributed by atoms with Crippen LogP contribution in [0.25, 0.3) is 0 Å². The molecule has 0 amide bonds. The van der Waals surface area contributed by atoms with E-state index < -0.39 is 5.97 Å². The van der Waals surface area contributed by atoms with Gasteiger partial charge in [0.25, 0.3) is 0 Å². The Morgan fingerprint density at radius 2 is 2.25 bits per heavy atom. The number of aliphatic carboxylic acids is 1. The molecule has 0 radical (unpaired) electrons. The van der Waals surface area contributed by atoms with Crippen LogP contribution in [0.5, 0.6) is 0 Å². The molecular weight excluding hydrogens is 204 g/mol. The van der Waals surface area contributed by atoms with E-state index in [0.29, 0.717) is 12.5 Å². The van der Waals surface area contributed by atoms with Gasteiger partial charge < -0.3 is 10.4 Å². The number of hydrogen-bond donors (Lipinski definition) is 2. The highest BCUT2D eigenvalue weighted by molar-refractivity contribution is 5.73. The summed E-state index contributed by atoms with van der Waals surface area (Å²) in [4.78, 5) is 13.3. The molecule has 4 heteroatoms. The molecule has 0 aromatic rings. The lowest BCUT2D eigenvalue weighted by molar-refractivity contribution is -0.144. The summed E-state index contributed by atoms with van der Waals surface area (Å²) < 4.78 is 0. The predicted octanol–water partition coefficient (Wildman–Crippen LogP) is 1.31. The number of rotatable bonds is 6. The van der Waals surface area contributed by atoms with Gasteiger partial charge in [0.15, 0.2) is 0 Å². The number of carboxylic acid groups (broad SMARTS) is 1. The van der Waals surface area contributed by atoms with Crippen LogP contribution < -0.4 is 5.32 Å². The van der Waals surface area contributed by atoms with Crippen LogP contribution in [0.4, 0.5) is 0 Å². The van der Waals surface area contributed by atoms with Crippen LogP contribution in [0.2, 0.25) is 0 Å². The van der Waals surface area contributed by atoms with Crippen LogP contribution in [0, 0.1) is 0 Å². The normalized spacial score (nSPS) is 22.9. The van der Waals surface area contributed by atoms with E-state index in [4.69, 9.17) is 0 Å². The van der Waals surface area contributed by atoms with Crippen LogP contribution in [0.15, 0.2) is 0 Å². The summed E-state index contributed by atoms with van der Waals surface area (Å²) in [5.41, 5.74) is 0. The molecule has 0 aromatic carbocycles. The molecule has 0 bridgehead atoms. The molecule has 0 aliphatic carbocycles. The second-order valence-electron chi connectivity index (χ2n) is 4.85. The Morgan fingerprint density at radius 3 is 2.62 bits per heavy atom. The molecule has 0 saturated carbocycles. The zero-order chi connectivity index (χ0) is 12.1. The second-order valence-corrected chi connectivity index (χ2v) is 4.85. The fourth-order valence-electron chi connectivity index (χ4n) is 2.42. The van der Waals surface area contributed by atoms with Gasteiger partial charge in [-0.3, -0.25) is 9.69 Å². The highest BCUT2D eigenvalue weighted by atomic mass is 16.4. The summed E-state index contributed by atoms with van der Waals surface area (Å²) in [6.07, 6.45) is 3.04. The van der Waals surface area contributed by atoms with Crippen molar-refractivity contribution in [3.8, 4) is 0 Å². The van der Waals surface area contributed by atoms with Gasteiger partial charge in [0, 0.05) is 18.6 Å². The van der Waals surface area contributed by atoms with Gasteiger partial charge in [0.1, 0.15) is 6.04 Å². The number of carbonyl (C=O) groups is 1. The molecule has 1 aliphatic heterocycles. The van der Waals surface area contributed by atoms with Crippen molar-refractivity contribution in [2.24, 2.45) is 0 Å². The third kappa shape index (κ3) is 3.46. The fraction of sp³-hybridized carbons (Fsp3) is 0.917. The molecule has 1 aliphatic rings. The second kappa shape index (κ2) is 6.21. The quantitative estimate of drug-likeness (QED) is 0.720. The minimum absolute atomic E-state index is 0.281. The zero-order valence-corrected chi connectivity index (χ0v) is 10.6. The van der Waals surface area contributed by atoms with Gasteiger partial charge in [0.05, 0.1) is 0 Å². The molecule has 0 spiro atoms. The molecule has 1 rings (SSSR count). The van der Waals surface area contributed by atoms with Crippen molar-refractivity contribution >= 4 is 5.97 Å². The molecule has 16 heavy (non-hydrogen) atoms. The number of hydrogen-bond acceptors (Lipinski definition) is 3. The molecular formula is C12H24N2O2. The maximum Gasteiger partial charge on any atom is 0.320 e. The van der Waals surface area contributed by atoms with E-state index >= 15 is 0 Å². The molecule has 2 unspecified atom stereocenters. The molecule has 1 heterocycles. The van der Waals surface area contributed by atoms with Crippen LogP contribution in [0.3, 0.4) is 0 Å². The third-order valence-electron chi connectivity index (χ3n) is 3.33. The summed E-state index contributed by atoms with van der Waals surface area (Å²) in [6.45, 7) is 8.00. The Labute approximate surface area is 98.0 Å². The third-order valence-corrected chi connectivity index (χ3v) is 3.33. The lowest BCUT2D eigenvalue weighted by atomic mass is 10.1. The van der Waals surface area contributed by atoms with E-state index in [1.807, 2.05) is 6.92 Å². The number of nitrogens with one attached hydrogen (secondary N) is 1. The van der Waals surface area contributed by atoms with E-state index in [2.05, 4.69) is 24.1 Å². The Morgan fingerprint density at radius 1 is 1.56 bits per heavy atom. The summed E-state index contributed by atoms with van der Waals surface area (Å²) in [6, 6.07) is 0.404. The minimum Gasteiger partial charge on any atom is -0.480 e. The van der Waals surface area contributed by atoms with Gasteiger partial charge in [-0.05, 0) is 39.7 Å². The van der Waals surface area contributed by atoms with Crippen molar-refractivity contribution in [1.29, 1.82) is 0 Å². The van der Waals surface area contributed by atoms with E-state index in [-0.39, 0.29) is 12.1 Å². The summed E-state index contributed by atoms with van der Waals surface area (Å²) in [5, 5.41) is 12.6. The average Bonchev–Trinajstić information content (AvgIpc) is 2.69. The van der Waals surface area contributed by atoms with E-state index in [0.717, 1.165) is 13.1 Å². The first-order valence-electron chi connectivity index (χ1n) is 6.28. The van der Waals surface area contributed by atoms with Gasteiger partial charge in [-0.15, -0.1) is 0 Å². The fourth-order valence-corrected chi connectivity index (χ4v) is 2.42. The van der Waals surface area contributed by atoms with Gasteiger partial charge >= 0.3 is 5.97 Å². The minimum atomic E-state index is -0.700. The first-order valence-corrected chi connectivity index (χ1v) is 6.28. The molecule has 94 valence electrons. The lowest BCUT2D eigenvalue weighted by Crippen LogP contribution is -2.49. The zero-order valence-electron chi connectivity index (χ0n) is 10.6. The Hall–Kier alpha value is -0.610. The number of nitrogens with zero attached hydrogens (tertiary/aromatic N) is 1. The van der Waals surface area contributed by atoms with Gasteiger partial charge in [-0.25, -0.2) is 0 Å². The summed E-state index contributed by atoms with van der Waals surface area (Å²) in [5.74, 6) is -0.700. The SMILES string of the molecule is CCC(C(=O)O)N(CC1CCCN1)C(C)C. The maximum atomic E-state index is 11.2. The van der Waals surface area contributed by atoms with E-state index in [1.165, 1.54) is 12.8 Å². The van der Waals surface area contributed by atoms with Gasteiger partial charge in [0.2, 0.25) is 0 Å². The van der Waals surface area contributed by atoms with Crippen LogP contribution in [-0.4, -0.2) is 47.2 Å². The van der Waals surface area contributed by atoms with Crippen LogP contribution in [-0.2, 0) is 4.79 Å². The highest BCUT2D eigenvalue weighted by Gasteiger charge is 2.28. The predicted molar refractivity (Wildman–Crippen MR) is 64.6 cm³/mol. The molecule has 2 atom stereocenters. The molecule has 4 nitrogen and oxygen atoms in total. The van der Waals surface area contributed by atoms with Crippen LogP contribution in [0.1, 0.15) is 40.0 Å². The van der Waals surface area contributed by atoms with Crippen molar-refractivity contribution < 1.29 is 9.90 Å². The molecule has 1 saturated heterocycles. The standard InChI is InChI=1S/C12H24N2O2/c1-4-11(12(15)16)14(9(2)3)8-10-6-5-7-13-10/h9-11,13H,4-8H2,1-3H3,(H,15,16). The molecule has 1 fully saturated rings. The van der Waals surface area contributed by atoms with Gasteiger partial charge in [-0.1, -0.05) is 6.92 Å². The van der Waals surface area contributed by atoms with Crippen LogP contribution >= 0.6 is 0 Å². The Kier molecular flexibility index (Phi) is 5.22. The first-order chi connectivity index (χ1) is 7.56. The van der Waals surface area contributed by atoms with Crippen molar-refractivity contribution in [3.05, 3.63) is 0 Å². The number of carboxylic acids is 1. The smallest absolute Gasteiger partial charge is 0.320 e. The van der Waals surface area contributed by atoms with Crippen molar-refractivity contribution in [3.63, 3.8) is 0 Å². The average molecular weight is 228 g/mol. The van der Waals surface area contributed by atoms with E-state index in [1.54, 1.807) is 0 Å². The monoisotopic (exact) mass is 228 g/mol. The first kappa shape index (κ1) is 13.5. The highest BCUT2D eigenvalue weighted by Crippen LogP contribution is 2.14. The van der Waals surface area contributed by atoms with Crippen molar-refractivity contribution in [2.75, 3.05) is 13.1 Å². The maximum absolute atomic E-state index is 11.2. The Bertz CT molecular complexity index is 225. The van der Waals surface area contributed by atoms with E-state index in [9.17, 15) is 9.90 Å². The Balaban J connectivity index is 2.61.